The highest BCUT2D eigenvalue weighted by molar-refractivity contribution is 7.90. The van der Waals surface area contributed by atoms with E-state index in [2.05, 4.69) is 71.1 Å². The van der Waals surface area contributed by atoms with Crippen LogP contribution in [0, 0.1) is 13.8 Å². The highest BCUT2D eigenvalue weighted by atomic mass is 32.2. The zero-order valence-corrected chi connectivity index (χ0v) is 30.8. The third-order valence-corrected chi connectivity index (χ3v) is 11.8. The second kappa shape index (κ2) is 15.3. The predicted octanol–water partition coefficient (Wildman–Crippen LogP) is 10.0. The number of benzene rings is 4. The first-order valence-corrected chi connectivity index (χ1v) is 19.9. The largest absolute Gasteiger partial charge is 0.497 e. The summed E-state index contributed by atoms with van der Waals surface area (Å²) < 4.78 is 37.1. The number of pyridine rings is 1. The summed E-state index contributed by atoms with van der Waals surface area (Å²) in [6.07, 6.45) is 10.4. The van der Waals surface area contributed by atoms with Gasteiger partial charge in [0.2, 0.25) is 5.96 Å². The molecule has 1 aromatic heterocycles. The first kappa shape index (κ1) is 34.7. The number of anilines is 1. The quantitative estimate of drug-likeness (QED) is 0.129. The molecule has 0 radical (unpaired) electrons. The van der Waals surface area contributed by atoms with Crippen molar-refractivity contribution in [3.8, 4) is 28.1 Å². The highest BCUT2D eigenvalue weighted by Gasteiger charge is 2.33. The first-order valence-electron chi connectivity index (χ1n) is 18.4. The van der Waals surface area contributed by atoms with Gasteiger partial charge in [-0.05, 0) is 74.7 Å². The summed E-state index contributed by atoms with van der Waals surface area (Å²) in [7, 11) is -2.28. The van der Waals surface area contributed by atoms with Gasteiger partial charge in [-0.15, -0.1) is 0 Å². The van der Waals surface area contributed by atoms with Crippen LogP contribution in [0.4, 0.5) is 5.82 Å². The van der Waals surface area contributed by atoms with Gasteiger partial charge in [0.25, 0.3) is 10.0 Å². The molecule has 2 aliphatic rings. The Labute approximate surface area is 302 Å². The van der Waals surface area contributed by atoms with Crippen LogP contribution in [0.25, 0.3) is 33.2 Å². The molecule has 0 amide bonds. The number of aromatic nitrogens is 1. The zero-order valence-electron chi connectivity index (χ0n) is 29.9. The molecule has 0 spiro atoms. The van der Waals surface area contributed by atoms with Gasteiger partial charge in [-0.25, -0.2) is 23.1 Å². The molecule has 0 saturated heterocycles. The molecule has 8 heteroatoms. The molecule has 264 valence electrons. The van der Waals surface area contributed by atoms with Gasteiger partial charge in [0, 0.05) is 22.6 Å². The number of sulfonamides is 1. The zero-order chi connectivity index (χ0) is 35.4. The van der Waals surface area contributed by atoms with E-state index in [9.17, 15) is 8.42 Å². The highest BCUT2D eigenvalue weighted by Crippen LogP contribution is 2.42. The van der Waals surface area contributed by atoms with E-state index in [-0.39, 0.29) is 17.0 Å². The molecule has 2 aliphatic carbocycles. The number of hydrogen-bond donors (Lipinski definition) is 1. The van der Waals surface area contributed by atoms with E-state index in [0.717, 1.165) is 108 Å². The Hall–Kier alpha value is -4.69. The Bertz CT molecular complexity index is 2100. The van der Waals surface area contributed by atoms with Gasteiger partial charge in [-0.2, -0.15) is 0 Å². The fourth-order valence-corrected chi connectivity index (χ4v) is 8.61. The van der Waals surface area contributed by atoms with Crippen molar-refractivity contribution in [3.05, 3.63) is 108 Å². The second-order valence-electron chi connectivity index (χ2n) is 14.1. The Morgan fingerprint density at radius 1 is 0.725 bits per heavy atom. The molecule has 51 heavy (non-hydrogen) atoms. The predicted molar refractivity (Wildman–Crippen MR) is 209 cm³/mol. The van der Waals surface area contributed by atoms with E-state index in [4.69, 9.17) is 14.7 Å². The van der Waals surface area contributed by atoms with Crippen molar-refractivity contribution in [3.63, 3.8) is 0 Å². The molecule has 7 nitrogen and oxygen atoms in total. The van der Waals surface area contributed by atoms with E-state index < -0.39 is 10.0 Å². The molecule has 2 fully saturated rings. The normalized spacial score (nSPS) is 16.3. The van der Waals surface area contributed by atoms with Crippen LogP contribution >= 0.6 is 0 Å². The van der Waals surface area contributed by atoms with Crippen LogP contribution in [-0.4, -0.2) is 38.6 Å². The molecule has 2 saturated carbocycles. The van der Waals surface area contributed by atoms with Gasteiger partial charge in [-0.3, -0.25) is 4.90 Å². The number of rotatable bonds is 8. The molecular formula is C43H48N4O3S. The number of aryl methyl sites for hydroxylation is 2. The van der Waals surface area contributed by atoms with Gasteiger partial charge in [0.15, 0.2) is 0 Å². The summed E-state index contributed by atoms with van der Waals surface area (Å²) in [6.45, 7) is 4.05. The molecular weight excluding hydrogens is 653 g/mol. The summed E-state index contributed by atoms with van der Waals surface area (Å²) >= 11 is 0. The summed E-state index contributed by atoms with van der Waals surface area (Å²) in [6, 6.07) is 32.1. The van der Waals surface area contributed by atoms with Gasteiger partial charge >= 0.3 is 0 Å². The van der Waals surface area contributed by atoms with E-state index >= 15 is 0 Å². The Balaban J connectivity index is 1.49. The Kier molecular flexibility index (Phi) is 10.4. The minimum absolute atomic E-state index is 0.0235. The molecule has 4 aromatic carbocycles. The molecule has 0 atom stereocenters. The van der Waals surface area contributed by atoms with Crippen LogP contribution in [0.5, 0.6) is 5.75 Å². The number of aliphatic imine (C=N–C) groups is 1. The van der Waals surface area contributed by atoms with Crippen LogP contribution < -0.4 is 14.4 Å². The lowest BCUT2D eigenvalue weighted by atomic mass is 9.91. The number of nitrogens with one attached hydrogen (secondary N) is 1. The Morgan fingerprint density at radius 3 is 1.92 bits per heavy atom. The van der Waals surface area contributed by atoms with Crippen molar-refractivity contribution < 1.29 is 13.2 Å². The number of nitrogens with zero attached hydrogens (tertiary/aromatic N) is 3. The maximum atomic E-state index is 14.2. The smallest absolute Gasteiger partial charge is 0.264 e. The number of methoxy groups -OCH3 is 1. The van der Waals surface area contributed by atoms with Crippen molar-refractivity contribution in [2.75, 3.05) is 12.0 Å². The van der Waals surface area contributed by atoms with Crippen LogP contribution in [0.1, 0.15) is 75.3 Å². The van der Waals surface area contributed by atoms with Crippen molar-refractivity contribution in [2.45, 2.75) is 95.0 Å². The van der Waals surface area contributed by atoms with E-state index in [1.807, 2.05) is 37.3 Å². The molecule has 0 unspecified atom stereocenters. The minimum Gasteiger partial charge on any atom is -0.497 e. The summed E-state index contributed by atoms with van der Waals surface area (Å²) in [4.78, 5) is 13.3. The third-order valence-electron chi connectivity index (χ3n) is 10.4. The third kappa shape index (κ3) is 7.66. The summed E-state index contributed by atoms with van der Waals surface area (Å²) in [5.41, 5.74) is 6.06. The van der Waals surface area contributed by atoms with Crippen LogP contribution in [0.3, 0.4) is 0 Å². The van der Waals surface area contributed by atoms with Crippen molar-refractivity contribution in [2.24, 2.45) is 4.99 Å². The topological polar surface area (TPSA) is 83.9 Å². The lowest BCUT2D eigenvalue weighted by molar-refractivity contribution is 0.415. The van der Waals surface area contributed by atoms with Crippen molar-refractivity contribution in [1.82, 2.24) is 9.71 Å². The van der Waals surface area contributed by atoms with Gasteiger partial charge in [0.05, 0.1) is 23.7 Å². The molecule has 1 heterocycles. The average molecular weight is 701 g/mol. The first-order chi connectivity index (χ1) is 24.8. The minimum atomic E-state index is -3.96. The SMILES string of the molecule is COc1ccc(-c2c(-c3ccc(C)cc3)nc(N(C(=NC3CCCCC3)NS(=O)(=O)c3ccc(C)cc3)C3CCCCC3)c3ccccc23)cc1. The number of guanidine groups is 1. The average Bonchev–Trinajstić information content (AvgIpc) is 3.16. The number of hydrogen-bond acceptors (Lipinski definition) is 5. The number of fused-ring (bicyclic) bond motifs is 1. The van der Waals surface area contributed by atoms with Crippen LogP contribution in [-0.2, 0) is 10.0 Å². The van der Waals surface area contributed by atoms with Gasteiger partial charge < -0.3 is 4.74 Å². The molecule has 1 N–H and O–H groups in total. The van der Waals surface area contributed by atoms with Gasteiger partial charge in [0.1, 0.15) is 11.6 Å². The summed E-state index contributed by atoms with van der Waals surface area (Å²) in [5.74, 6) is 1.89. The second-order valence-corrected chi connectivity index (χ2v) is 15.8. The molecule has 7 rings (SSSR count). The van der Waals surface area contributed by atoms with Crippen LogP contribution in [0.2, 0.25) is 0 Å². The van der Waals surface area contributed by atoms with E-state index in [0.29, 0.717) is 5.96 Å². The molecule has 0 aliphatic heterocycles. The van der Waals surface area contributed by atoms with Gasteiger partial charge in [-0.1, -0.05) is 122 Å². The maximum absolute atomic E-state index is 14.2. The standard InChI is InChI=1S/C43H48N4O3S/c1-30-18-22-33(23-19-30)41-40(32-24-26-36(50-3)27-25-32)38-16-10-11-17-39(38)42(45-41)47(35-14-8-5-9-15-35)43(44-34-12-6-4-7-13-34)46-51(48,49)37-28-20-31(2)21-29-37/h10-11,16-29,34-35H,4-9,12-15H2,1-3H3,(H,44,46). The monoisotopic (exact) mass is 700 g/mol. The van der Waals surface area contributed by atoms with Crippen molar-refractivity contribution in [1.29, 1.82) is 0 Å². The van der Waals surface area contributed by atoms with E-state index in [1.165, 1.54) is 12.0 Å². The van der Waals surface area contributed by atoms with E-state index in [1.54, 1.807) is 19.2 Å². The lowest BCUT2D eigenvalue weighted by Gasteiger charge is -2.37. The molecule has 0 bridgehead atoms. The number of ether oxygens (including phenoxy) is 1. The van der Waals surface area contributed by atoms with Crippen molar-refractivity contribution >= 4 is 32.6 Å². The maximum Gasteiger partial charge on any atom is 0.264 e. The molecule has 5 aromatic rings. The fraction of sp³-hybridized carbons (Fsp3) is 0.349. The summed E-state index contributed by atoms with van der Waals surface area (Å²) in [5, 5.41) is 2.00. The fourth-order valence-electron chi connectivity index (χ4n) is 7.60. The lowest BCUT2D eigenvalue weighted by Crippen LogP contribution is -2.51. The van der Waals surface area contributed by atoms with Crippen LogP contribution in [0.15, 0.2) is 107 Å². The Morgan fingerprint density at radius 2 is 1.29 bits per heavy atom.